The van der Waals surface area contributed by atoms with Gasteiger partial charge < -0.3 is 5.73 Å². The predicted molar refractivity (Wildman–Crippen MR) is 72.1 cm³/mol. The molecule has 0 saturated heterocycles. The molecule has 1 aromatic heterocycles. The van der Waals surface area contributed by atoms with E-state index < -0.39 is 12.6 Å². The van der Waals surface area contributed by atoms with Crippen molar-refractivity contribution in [3.63, 3.8) is 0 Å². The van der Waals surface area contributed by atoms with Gasteiger partial charge in [-0.1, -0.05) is 13.8 Å². The van der Waals surface area contributed by atoms with Gasteiger partial charge in [0, 0.05) is 6.42 Å². The number of hydrogen-bond donors (Lipinski definition) is 1. The zero-order chi connectivity index (χ0) is 13.9. The third-order valence-corrected chi connectivity index (χ3v) is 3.40. The van der Waals surface area contributed by atoms with Crippen molar-refractivity contribution in [2.24, 2.45) is 5.92 Å². The zero-order valence-electron chi connectivity index (χ0n) is 10.2. The van der Waals surface area contributed by atoms with Gasteiger partial charge in [0.1, 0.15) is 11.6 Å². The summed E-state index contributed by atoms with van der Waals surface area (Å²) in [5, 5.41) is 0. The van der Waals surface area contributed by atoms with Crippen molar-refractivity contribution in [2.45, 2.75) is 39.3 Å². The fraction of sp³-hybridized carbons (Fsp3) is 0.636. The van der Waals surface area contributed by atoms with Gasteiger partial charge in [0.2, 0.25) is 0 Å². The van der Waals surface area contributed by atoms with E-state index in [0.717, 1.165) is 9.26 Å². The van der Waals surface area contributed by atoms with Crippen molar-refractivity contribution in [1.29, 1.82) is 0 Å². The highest BCUT2D eigenvalue weighted by atomic mass is 127. The molecule has 0 unspecified atom stereocenters. The monoisotopic (exact) mass is 373 g/mol. The standard InChI is InChI=1S/C11H15F3IN3/c1-6(2)5-7-9(15)10(16)18-8(17-7)3-4-11(12,13)14/h6H,3-5H2,1-2H3,(H2,16,17,18). The van der Waals surface area contributed by atoms with Crippen LogP contribution in [-0.2, 0) is 12.8 Å². The number of aryl methyl sites for hydroxylation is 1. The third kappa shape index (κ3) is 4.95. The zero-order valence-corrected chi connectivity index (χ0v) is 12.3. The molecule has 0 radical (unpaired) electrons. The van der Waals surface area contributed by atoms with Crippen LogP contribution in [0.5, 0.6) is 0 Å². The summed E-state index contributed by atoms with van der Waals surface area (Å²) >= 11 is 2.03. The van der Waals surface area contributed by atoms with Crippen molar-refractivity contribution >= 4 is 28.4 Å². The van der Waals surface area contributed by atoms with E-state index in [9.17, 15) is 13.2 Å². The molecule has 1 heterocycles. The van der Waals surface area contributed by atoms with Gasteiger partial charge in [-0.2, -0.15) is 13.2 Å². The molecule has 7 heteroatoms. The summed E-state index contributed by atoms with van der Waals surface area (Å²) < 4.78 is 37.2. The summed E-state index contributed by atoms with van der Waals surface area (Å²) in [6.07, 6.45) is -4.66. The first-order valence-electron chi connectivity index (χ1n) is 5.56. The molecule has 0 bridgehead atoms. The Morgan fingerprint density at radius 3 is 2.39 bits per heavy atom. The van der Waals surface area contributed by atoms with Crippen LogP contribution in [0.3, 0.4) is 0 Å². The Balaban J connectivity index is 2.90. The van der Waals surface area contributed by atoms with Crippen LogP contribution in [0.1, 0.15) is 31.8 Å². The molecule has 0 aliphatic carbocycles. The van der Waals surface area contributed by atoms with Crippen LogP contribution >= 0.6 is 22.6 Å². The van der Waals surface area contributed by atoms with Gasteiger partial charge in [-0.15, -0.1) is 0 Å². The molecule has 0 amide bonds. The molecule has 3 nitrogen and oxygen atoms in total. The Labute approximate surface area is 118 Å². The van der Waals surface area contributed by atoms with E-state index in [1.54, 1.807) is 0 Å². The minimum Gasteiger partial charge on any atom is -0.383 e. The molecule has 0 aromatic carbocycles. The molecule has 0 saturated carbocycles. The molecule has 1 aromatic rings. The minimum atomic E-state index is -4.20. The Bertz CT molecular complexity index is 419. The largest absolute Gasteiger partial charge is 0.389 e. The van der Waals surface area contributed by atoms with Crippen molar-refractivity contribution in [2.75, 3.05) is 5.73 Å². The quantitative estimate of drug-likeness (QED) is 0.824. The van der Waals surface area contributed by atoms with Crippen LogP contribution in [-0.4, -0.2) is 16.1 Å². The number of nitrogens with zero attached hydrogens (tertiary/aromatic N) is 2. The Morgan fingerprint density at radius 1 is 1.28 bits per heavy atom. The summed E-state index contributed by atoms with van der Waals surface area (Å²) in [7, 11) is 0. The average molecular weight is 373 g/mol. The topological polar surface area (TPSA) is 51.8 Å². The second kappa shape index (κ2) is 6.03. The van der Waals surface area contributed by atoms with E-state index in [4.69, 9.17) is 5.73 Å². The molecular formula is C11H15F3IN3. The van der Waals surface area contributed by atoms with E-state index in [0.29, 0.717) is 12.3 Å². The average Bonchev–Trinajstić information content (AvgIpc) is 2.20. The number of nitrogen functional groups attached to an aromatic ring is 1. The van der Waals surface area contributed by atoms with E-state index in [1.165, 1.54) is 0 Å². The summed E-state index contributed by atoms with van der Waals surface area (Å²) in [6.45, 7) is 4.04. The first kappa shape index (κ1) is 15.5. The van der Waals surface area contributed by atoms with Crippen LogP contribution in [0, 0.1) is 9.49 Å². The molecule has 0 fully saturated rings. The highest BCUT2D eigenvalue weighted by Crippen LogP contribution is 2.23. The lowest BCUT2D eigenvalue weighted by molar-refractivity contribution is -0.134. The molecule has 0 spiro atoms. The number of rotatable bonds is 4. The van der Waals surface area contributed by atoms with Crippen molar-refractivity contribution in [1.82, 2.24) is 9.97 Å². The predicted octanol–water partition coefficient (Wildman–Crippen LogP) is 3.36. The summed E-state index contributed by atoms with van der Waals surface area (Å²) in [6, 6.07) is 0. The van der Waals surface area contributed by atoms with Crippen molar-refractivity contribution < 1.29 is 13.2 Å². The lowest BCUT2D eigenvalue weighted by Crippen LogP contribution is -2.13. The van der Waals surface area contributed by atoms with E-state index in [-0.39, 0.29) is 18.1 Å². The molecule has 2 N–H and O–H groups in total. The summed E-state index contributed by atoms with van der Waals surface area (Å²) in [4.78, 5) is 8.08. The van der Waals surface area contributed by atoms with Crippen molar-refractivity contribution in [3.05, 3.63) is 15.1 Å². The fourth-order valence-electron chi connectivity index (χ4n) is 1.45. The van der Waals surface area contributed by atoms with Crippen LogP contribution in [0.4, 0.5) is 19.0 Å². The van der Waals surface area contributed by atoms with Gasteiger partial charge in [-0.3, -0.25) is 0 Å². The van der Waals surface area contributed by atoms with Crippen molar-refractivity contribution in [3.8, 4) is 0 Å². The van der Waals surface area contributed by atoms with E-state index in [2.05, 4.69) is 9.97 Å². The second-order valence-corrected chi connectivity index (χ2v) is 5.58. The van der Waals surface area contributed by atoms with Crippen LogP contribution in [0.25, 0.3) is 0 Å². The Morgan fingerprint density at radius 2 is 1.89 bits per heavy atom. The summed E-state index contributed by atoms with van der Waals surface area (Å²) in [5.41, 5.74) is 6.43. The molecule has 0 aliphatic heterocycles. The summed E-state index contributed by atoms with van der Waals surface area (Å²) in [5.74, 6) is 0.794. The highest BCUT2D eigenvalue weighted by Gasteiger charge is 2.27. The van der Waals surface area contributed by atoms with Crippen LogP contribution in [0.15, 0.2) is 0 Å². The number of hydrogen-bond acceptors (Lipinski definition) is 3. The van der Waals surface area contributed by atoms with E-state index in [1.807, 2.05) is 36.4 Å². The highest BCUT2D eigenvalue weighted by molar-refractivity contribution is 14.1. The Kier molecular flexibility index (Phi) is 5.18. The number of aromatic nitrogens is 2. The van der Waals surface area contributed by atoms with Crippen LogP contribution < -0.4 is 5.73 Å². The van der Waals surface area contributed by atoms with Gasteiger partial charge in [0.15, 0.2) is 0 Å². The number of anilines is 1. The smallest absolute Gasteiger partial charge is 0.383 e. The minimum absolute atomic E-state index is 0.167. The number of alkyl halides is 3. The maximum Gasteiger partial charge on any atom is 0.389 e. The van der Waals surface area contributed by atoms with Gasteiger partial charge in [-0.25, -0.2) is 9.97 Å². The second-order valence-electron chi connectivity index (χ2n) is 4.50. The van der Waals surface area contributed by atoms with Gasteiger partial charge >= 0.3 is 6.18 Å². The first-order valence-corrected chi connectivity index (χ1v) is 6.64. The lowest BCUT2D eigenvalue weighted by Gasteiger charge is -2.11. The van der Waals surface area contributed by atoms with Crippen LogP contribution in [0.2, 0.25) is 0 Å². The maximum absolute atomic E-state index is 12.1. The van der Waals surface area contributed by atoms with Gasteiger partial charge in [0.05, 0.1) is 15.7 Å². The van der Waals surface area contributed by atoms with E-state index >= 15 is 0 Å². The molecule has 0 atom stereocenters. The molecule has 1 rings (SSSR count). The number of halogens is 4. The molecule has 0 aliphatic rings. The SMILES string of the molecule is CC(C)Cc1nc(CCC(F)(F)F)nc(N)c1I. The maximum atomic E-state index is 12.1. The normalized spacial score (nSPS) is 12.2. The number of nitrogens with two attached hydrogens (primary N) is 1. The van der Waals surface area contributed by atoms with Gasteiger partial charge in [-0.05, 0) is 34.9 Å². The molecule has 18 heavy (non-hydrogen) atoms. The fourth-order valence-corrected chi connectivity index (χ4v) is 1.91. The van der Waals surface area contributed by atoms with Gasteiger partial charge in [0.25, 0.3) is 0 Å². The first-order chi connectivity index (χ1) is 8.19. The Hall–Kier alpha value is -0.600. The molecule has 102 valence electrons. The third-order valence-electron chi connectivity index (χ3n) is 2.23. The lowest BCUT2D eigenvalue weighted by atomic mass is 10.1. The molecular weight excluding hydrogens is 358 g/mol.